The molecule has 1 aromatic carbocycles. The Morgan fingerprint density at radius 2 is 1.93 bits per heavy atom. The molecular formula is C27H27FN6O6. The third-order valence-electron chi connectivity index (χ3n) is 8.39. The van der Waals surface area contributed by atoms with Gasteiger partial charge in [0.1, 0.15) is 22.6 Å². The molecule has 3 fully saturated rings. The number of nitrogens with zero attached hydrogens (tertiary/aromatic N) is 5. The molecule has 0 aliphatic carbocycles. The lowest BCUT2D eigenvalue weighted by atomic mass is 9.63. The highest BCUT2D eigenvalue weighted by molar-refractivity contribution is 6.22. The number of benzene rings is 1. The normalized spacial score (nSPS) is 28.6. The number of carbonyl (C=O) groups is 3. The molecule has 4 aliphatic rings. The van der Waals surface area contributed by atoms with E-state index in [4.69, 9.17) is 14.0 Å². The summed E-state index contributed by atoms with van der Waals surface area (Å²) in [5, 5.41) is 6.83. The van der Waals surface area contributed by atoms with Crippen molar-refractivity contribution in [2.75, 3.05) is 42.6 Å². The van der Waals surface area contributed by atoms with Gasteiger partial charge in [-0.2, -0.15) is 0 Å². The van der Waals surface area contributed by atoms with Gasteiger partial charge in [-0.25, -0.2) is 14.4 Å². The van der Waals surface area contributed by atoms with Gasteiger partial charge in [0.25, 0.3) is 0 Å². The van der Waals surface area contributed by atoms with E-state index < -0.39 is 47.4 Å². The van der Waals surface area contributed by atoms with Gasteiger partial charge in [-0.3, -0.25) is 19.7 Å². The predicted molar refractivity (Wildman–Crippen MR) is 138 cm³/mol. The van der Waals surface area contributed by atoms with Crippen LogP contribution in [0.5, 0.6) is 0 Å². The molecule has 2 aromatic heterocycles. The Hall–Kier alpha value is -3.97. The van der Waals surface area contributed by atoms with E-state index in [2.05, 4.69) is 25.3 Å². The van der Waals surface area contributed by atoms with Crippen LogP contribution in [0, 0.1) is 11.2 Å². The SMILES string of the molecule is C[C@@H]1CN2c3c(cc4c(-c5cnc(N6CCOCC6)cn5)noc4c3F)CC3(C(=O)CC(=O)NC3=O)[C@@H]2[C@@H](C)O1. The second-order valence-corrected chi connectivity index (χ2v) is 10.8. The molecule has 7 rings (SSSR count). The molecule has 6 heterocycles. The van der Waals surface area contributed by atoms with E-state index in [0.29, 0.717) is 54.5 Å². The fourth-order valence-electron chi connectivity index (χ4n) is 6.73. The van der Waals surface area contributed by atoms with E-state index in [1.165, 1.54) is 0 Å². The largest absolute Gasteiger partial charge is 0.378 e. The van der Waals surface area contributed by atoms with Crippen molar-refractivity contribution in [3.63, 3.8) is 0 Å². The van der Waals surface area contributed by atoms with E-state index in [-0.39, 0.29) is 30.3 Å². The van der Waals surface area contributed by atoms with Gasteiger partial charge in [0.2, 0.25) is 17.4 Å². The number of morpholine rings is 2. The van der Waals surface area contributed by atoms with Gasteiger partial charge in [0, 0.05) is 19.6 Å². The van der Waals surface area contributed by atoms with E-state index in [1.807, 2.05) is 6.92 Å². The maximum absolute atomic E-state index is 16.3. The number of hydrogen-bond acceptors (Lipinski definition) is 11. The van der Waals surface area contributed by atoms with Crippen LogP contribution in [0.1, 0.15) is 25.8 Å². The maximum Gasteiger partial charge on any atom is 0.242 e. The molecule has 4 aliphatic heterocycles. The molecule has 4 atom stereocenters. The van der Waals surface area contributed by atoms with Crippen LogP contribution in [-0.2, 0) is 30.3 Å². The lowest BCUT2D eigenvalue weighted by Crippen LogP contribution is -2.72. The van der Waals surface area contributed by atoms with Crippen LogP contribution in [-0.4, -0.2) is 83.8 Å². The Bertz CT molecular complexity index is 1530. The molecule has 208 valence electrons. The number of amides is 2. The van der Waals surface area contributed by atoms with Crippen molar-refractivity contribution in [1.82, 2.24) is 20.4 Å². The summed E-state index contributed by atoms with van der Waals surface area (Å²) in [6.07, 6.45) is 1.80. The van der Waals surface area contributed by atoms with Gasteiger partial charge < -0.3 is 23.8 Å². The molecule has 0 bridgehead atoms. The molecule has 0 saturated carbocycles. The first kappa shape index (κ1) is 25.0. The third-order valence-corrected chi connectivity index (χ3v) is 8.39. The predicted octanol–water partition coefficient (Wildman–Crippen LogP) is 1.40. The average molecular weight is 551 g/mol. The molecular weight excluding hydrogens is 523 g/mol. The van der Waals surface area contributed by atoms with E-state index in [1.54, 1.807) is 30.3 Å². The second kappa shape index (κ2) is 9.03. The Morgan fingerprint density at radius 3 is 2.65 bits per heavy atom. The van der Waals surface area contributed by atoms with Crippen LogP contribution < -0.4 is 15.1 Å². The summed E-state index contributed by atoms with van der Waals surface area (Å²) in [4.78, 5) is 51.9. The smallest absolute Gasteiger partial charge is 0.242 e. The van der Waals surface area contributed by atoms with Crippen LogP contribution in [0.2, 0.25) is 0 Å². The van der Waals surface area contributed by atoms with Gasteiger partial charge in [-0.1, -0.05) is 5.16 Å². The van der Waals surface area contributed by atoms with E-state index in [0.717, 1.165) is 0 Å². The highest BCUT2D eigenvalue weighted by Crippen LogP contribution is 2.50. The van der Waals surface area contributed by atoms with Crippen molar-refractivity contribution in [3.05, 3.63) is 29.8 Å². The summed E-state index contributed by atoms with van der Waals surface area (Å²) in [5.74, 6) is -1.76. The minimum atomic E-state index is -1.61. The molecule has 2 amide bonds. The summed E-state index contributed by atoms with van der Waals surface area (Å²) in [6, 6.07) is 0.904. The topological polar surface area (TPSA) is 140 Å². The monoisotopic (exact) mass is 550 g/mol. The number of hydrogen-bond donors (Lipinski definition) is 1. The van der Waals surface area contributed by atoms with Crippen molar-refractivity contribution >= 4 is 40.1 Å². The van der Waals surface area contributed by atoms with Crippen LogP contribution in [0.15, 0.2) is 23.0 Å². The number of nitrogens with one attached hydrogen (secondary N) is 1. The lowest BCUT2D eigenvalue weighted by molar-refractivity contribution is -0.158. The average Bonchev–Trinajstić information content (AvgIpc) is 3.36. The highest BCUT2D eigenvalue weighted by atomic mass is 19.1. The van der Waals surface area contributed by atoms with Crippen molar-refractivity contribution in [3.8, 4) is 11.4 Å². The molecule has 3 saturated heterocycles. The number of ketones is 1. The first-order valence-corrected chi connectivity index (χ1v) is 13.3. The minimum Gasteiger partial charge on any atom is -0.378 e. The number of rotatable bonds is 2. The molecule has 0 radical (unpaired) electrons. The summed E-state index contributed by atoms with van der Waals surface area (Å²) in [5.41, 5.74) is -0.278. The molecule has 1 N–H and O–H groups in total. The lowest BCUT2D eigenvalue weighted by Gasteiger charge is -2.55. The molecule has 1 unspecified atom stereocenters. The van der Waals surface area contributed by atoms with Crippen LogP contribution in [0.3, 0.4) is 0 Å². The maximum atomic E-state index is 16.3. The summed E-state index contributed by atoms with van der Waals surface area (Å²) in [7, 11) is 0. The highest BCUT2D eigenvalue weighted by Gasteiger charge is 2.62. The number of carbonyl (C=O) groups excluding carboxylic acids is 3. The first-order chi connectivity index (χ1) is 19.3. The molecule has 40 heavy (non-hydrogen) atoms. The van der Waals surface area contributed by atoms with Gasteiger partial charge in [0.15, 0.2) is 11.6 Å². The van der Waals surface area contributed by atoms with Crippen molar-refractivity contribution < 1.29 is 32.8 Å². The standard InChI is InChI=1S/C27H27FN6O6/c1-13-12-34-23-15(9-27(25(34)14(2)39-13)18(35)8-20(36)31-26(27)37)7-16-22(32-40-24(16)21(23)28)17-10-30-19(11-29-17)33-3-5-38-6-4-33/h7,10-11,13-14,25H,3-6,8-9,12H2,1-2H3,(H,31,36,37)/t13-,14-,25+,27?/m1/s1. The zero-order valence-electron chi connectivity index (χ0n) is 22.0. The minimum absolute atomic E-state index is 0.0519. The Morgan fingerprint density at radius 1 is 1.12 bits per heavy atom. The first-order valence-electron chi connectivity index (χ1n) is 13.3. The zero-order chi connectivity index (χ0) is 27.8. The van der Waals surface area contributed by atoms with Gasteiger partial charge in [-0.15, -0.1) is 0 Å². The van der Waals surface area contributed by atoms with Gasteiger partial charge in [0.05, 0.1) is 61.4 Å². The second-order valence-electron chi connectivity index (χ2n) is 10.8. The Labute approximate surface area is 227 Å². The summed E-state index contributed by atoms with van der Waals surface area (Å²) >= 11 is 0. The molecule has 13 heteroatoms. The number of fused-ring (bicyclic) bond motifs is 5. The quantitative estimate of drug-likeness (QED) is 0.366. The summed E-state index contributed by atoms with van der Waals surface area (Å²) < 4.78 is 33.2. The molecule has 3 aromatic rings. The van der Waals surface area contributed by atoms with Gasteiger partial charge >= 0.3 is 0 Å². The third kappa shape index (κ3) is 3.57. The molecule has 12 nitrogen and oxygen atoms in total. The Kier molecular flexibility index (Phi) is 5.65. The number of ether oxygens (including phenoxy) is 2. The summed E-state index contributed by atoms with van der Waals surface area (Å²) in [6.45, 7) is 6.49. The number of piperidine rings is 1. The fourth-order valence-corrected chi connectivity index (χ4v) is 6.73. The van der Waals surface area contributed by atoms with Crippen LogP contribution >= 0.6 is 0 Å². The Balaban J connectivity index is 1.35. The van der Waals surface area contributed by atoms with Crippen molar-refractivity contribution in [2.45, 2.75) is 44.9 Å². The number of imide groups is 1. The van der Waals surface area contributed by atoms with Crippen molar-refractivity contribution in [1.29, 1.82) is 0 Å². The number of Topliss-reactive ketones (excluding diaryl/α,β-unsaturated/α-hetero) is 1. The van der Waals surface area contributed by atoms with Crippen LogP contribution in [0.25, 0.3) is 22.4 Å². The van der Waals surface area contributed by atoms with Gasteiger partial charge in [-0.05, 0) is 31.9 Å². The zero-order valence-corrected chi connectivity index (χ0v) is 22.0. The van der Waals surface area contributed by atoms with Crippen molar-refractivity contribution in [2.24, 2.45) is 5.41 Å². The number of halogens is 1. The van der Waals surface area contributed by atoms with E-state index >= 15 is 4.39 Å². The molecule has 1 spiro atoms. The fraction of sp³-hybridized carbons (Fsp3) is 0.481. The number of anilines is 2. The van der Waals surface area contributed by atoms with Crippen LogP contribution in [0.4, 0.5) is 15.9 Å². The van der Waals surface area contributed by atoms with E-state index in [9.17, 15) is 14.4 Å². The number of aromatic nitrogens is 3.